The molecule has 1 fully saturated rings. The summed E-state index contributed by atoms with van der Waals surface area (Å²) in [6.45, 7) is 1.59. The number of amides is 2. The Hall–Kier alpha value is -2.57. The Kier molecular flexibility index (Phi) is 4.65. The van der Waals surface area contributed by atoms with E-state index in [0.717, 1.165) is 25.7 Å². The molecule has 7 heteroatoms. The first-order valence-electron chi connectivity index (χ1n) is 8.59. The molecule has 0 saturated heterocycles. The molecule has 1 aliphatic heterocycles. The number of hydrogen-bond donors (Lipinski definition) is 3. The van der Waals surface area contributed by atoms with Crippen LogP contribution < -0.4 is 15.4 Å². The summed E-state index contributed by atoms with van der Waals surface area (Å²) in [5, 5.41) is 15.1. The van der Waals surface area contributed by atoms with Crippen molar-refractivity contribution in [3.8, 4) is 5.75 Å². The summed E-state index contributed by atoms with van der Waals surface area (Å²) < 4.78 is 5.58. The average molecular weight is 346 g/mol. The smallest absolute Gasteiger partial charge is 0.329 e. The Balaban J connectivity index is 1.89. The number of hydrogen-bond acceptors (Lipinski definition) is 4. The van der Waals surface area contributed by atoms with Gasteiger partial charge in [-0.1, -0.05) is 31.7 Å². The SMILES string of the molecule is CC1Oc2c(cccc2C(=O)NC2(C(=O)O)CCCCCC2)NC1=O. The monoisotopic (exact) mass is 346 g/mol. The number of benzene rings is 1. The second-order valence-electron chi connectivity index (χ2n) is 6.69. The zero-order valence-electron chi connectivity index (χ0n) is 14.1. The van der Waals surface area contributed by atoms with Crippen LogP contribution in [-0.2, 0) is 9.59 Å². The molecule has 134 valence electrons. The van der Waals surface area contributed by atoms with Crippen LogP contribution in [0.1, 0.15) is 55.8 Å². The molecule has 0 radical (unpaired) electrons. The zero-order chi connectivity index (χ0) is 18.0. The van der Waals surface area contributed by atoms with Crippen LogP contribution in [0.4, 0.5) is 5.69 Å². The van der Waals surface area contributed by atoms with Crippen LogP contribution in [0.3, 0.4) is 0 Å². The van der Waals surface area contributed by atoms with Crippen LogP contribution in [-0.4, -0.2) is 34.5 Å². The molecule has 1 saturated carbocycles. The first-order valence-corrected chi connectivity index (χ1v) is 8.59. The van der Waals surface area contributed by atoms with E-state index in [-0.39, 0.29) is 17.2 Å². The molecule has 1 aliphatic carbocycles. The molecule has 1 unspecified atom stereocenters. The third kappa shape index (κ3) is 3.31. The van der Waals surface area contributed by atoms with Gasteiger partial charge in [-0.2, -0.15) is 0 Å². The van der Waals surface area contributed by atoms with E-state index in [1.807, 2.05) is 0 Å². The summed E-state index contributed by atoms with van der Waals surface area (Å²) in [4.78, 5) is 36.4. The van der Waals surface area contributed by atoms with Gasteiger partial charge in [-0.05, 0) is 31.9 Å². The Labute approximate surface area is 145 Å². The molecule has 2 aliphatic rings. The van der Waals surface area contributed by atoms with Gasteiger partial charge in [0.25, 0.3) is 11.8 Å². The number of fused-ring (bicyclic) bond motifs is 1. The number of carboxylic acids is 1. The summed E-state index contributed by atoms with van der Waals surface area (Å²) in [6.07, 6.45) is 3.59. The predicted molar refractivity (Wildman–Crippen MR) is 90.7 cm³/mol. The largest absolute Gasteiger partial charge is 0.480 e. The predicted octanol–water partition coefficient (Wildman–Crippen LogP) is 2.31. The molecule has 1 aromatic carbocycles. The quantitative estimate of drug-likeness (QED) is 0.729. The summed E-state index contributed by atoms with van der Waals surface area (Å²) in [5.74, 6) is -1.50. The molecule has 25 heavy (non-hydrogen) atoms. The first kappa shape index (κ1) is 17.3. The molecule has 7 nitrogen and oxygen atoms in total. The number of para-hydroxylation sites is 1. The highest BCUT2D eigenvalue weighted by Gasteiger charge is 2.41. The Morgan fingerprint density at radius 3 is 2.56 bits per heavy atom. The highest BCUT2D eigenvalue weighted by Crippen LogP contribution is 2.34. The minimum Gasteiger partial charge on any atom is -0.480 e. The summed E-state index contributed by atoms with van der Waals surface area (Å²) >= 11 is 0. The van der Waals surface area contributed by atoms with Crippen molar-refractivity contribution in [2.75, 3.05) is 5.32 Å². The molecular formula is C18H22N2O5. The third-order valence-electron chi connectivity index (χ3n) is 4.90. The van der Waals surface area contributed by atoms with Crippen LogP contribution >= 0.6 is 0 Å². The normalized spacial score (nSPS) is 22.0. The van der Waals surface area contributed by atoms with Gasteiger partial charge in [0, 0.05) is 0 Å². The second-order valence-corrected chi connectivity index (χ2v) is 6.69. The number of nitrogens with one attached hydrogen (secondary N) is 2. The van der Waals surface area contributed by atoms with Gasteiger partial charge in [-0.25, -0.2) is 4.79 Å². The van der Waals surface area contributed by atoms with E-state index in [0.29, 0.717) is 18.5 Å². The van der Waals surface area contributed by atoms with Crippen molar-refractivity contribution in [2.24, 2.45) is 0 Å². The lowest BCUT2D eigenvalue weighted by atomic mass is 9.89. The number of ether oxygens (including phenoxy) is 1. The van der Waals surface area contributed by atoms with Crippen LogP contribution in [0.5, 0.6) is 5.75 Å². The number of rotatable bonds is 3. The summed E-state index contributed by atoms with van der Waals surface area (Å²) in [5.41, 5.74) is -0.602. The molecule has 1 aromatic rings. The van der Waals surface area contributed by atoms with Crippen molar-refractivity contribution < 1.29 is 24.2 Å². The van der Waals surface area contributed by atoms with E-state index in [9.17, 15) is 19.5 Å². The van der Waals surface area contributed by atoms with Crippen LogP contribution in [0.2, 0.25) is 0 Å². The number of anilines is 1. The molecule has 1 atom stereocenters. The van der Waals surface area contributed by atoms with Crippen molar-refractivity contribution in [1.29, 1.82) is 0 Å². The van der Waals surface area contributed by atoms with Crippen LogP contribution in [0.15, 0.2) is 18.2 Å². The Bertz CT molecular complexity index is 707. The summed E-state index contributed by atoms with van der Waals surface area (Å²) in [7, 11) is 0. The standard InChI is InChI=1S/C18H22N2O5/c1-11-15(21)19-13-8-6-7-12(14(13)25-11)16(22)20-18(17(23)24)9-4-2-3-5-10-18/h6-8,11H,2-5,9-10H2,1H3,(H,19,21)(H,20,22)(H,23,24). The summed E-state index contributed by atoms with van der Waals surface area (Å²) in [6, 6.07) is 4.85. The van der Waals surface area contributed by atoms with Crippen molar-refractivity contribution >= 4 is 23.5 Å². The number of aliphatic carboxylic acids is 1. The van der Waals surface area contributed by atoms with Crippen LogP contribution in [0, 0.1) is 0 Å². The fourth-order valence-electron chi connectivity index (χ4n) is 3.41. The molecule has 2 amide bonds. The molecule has 3 rings (SSSR count). The lowest BCUT2D eigenvalue weighted by molar-refractivity contribution is -0.145. The van der Waals surface area contributed by atoms with Crippen molar-refractivity contribution in [3.05, 3.63) is 23.8 Å². The minimum absolute atomic E-state index is 0.231. The van der Waals surface area contributed by atoms with Crippen molar-refractivity contribution in [3.63, 3.8) is 0 Å². The van der Waals surface area contributed by atoms with E-state index in [1.165, 1.54) is 0 Å². The van der Waals surface area contributed by atoms with E-state index in [1.54, 1.807) is 25.1 Å². The van der Waals surface area contributed by atoms with Gasteiger partial charge in [0.1, 0.15) is 5.54 Å². The highest BCUT2D eigenvalue weighted by atomic mass is 16.5. The minimum atomic E-state index is -1.25. The van der Waals surface area contributed by atoms with Gasteiger partial charge in [0.15, 0.2) is 11.9 Å². The fourth-order valence-corrected chi connectivity index (χ4v) is 3.41. The number of carbonyl (C=O) groups is 3. The van der Waals surface area contributed by atoms with Gasteiger partial charge in [-0.3, -0.25) is 9.59 Å². The highest BCUT2D eigenvalue weighted by molar-refractivity contribution is 6.05. The van der Waals surface area contributed by atoms with Gasteiger partial charge < -0.3 is 20.5 Å². The topological polar surface area (TPSA) is 105 Å². The third-order valence-corrected chi connectivity index (χ3v) is 4.90. The molecular weight excluding hydrogens is 324 g/mol. The maximum Gasteiger partial charge on any atom is 0.329 e. The molecule has 0 spiro atoms. The maximum absolute atomic E-state index is 12.8. The Morgan fingerprint density at radius 1 is 1.24 bits per heavy atom. The average Bonchev–Trinajstić information content (AvgIpc) is 2.82. The van der Waals surface area contributed by atoms with Gasteiger partial charge >= 0.3 is 5.97 Å². The van der Waals surface area contributed by atoms with Gasteiger partial charge in [-0.15, -0.1) is 0 Å². The fraction of sp³-hybridized carbons (Fsp3) is 0.500. The van der Waals surface area contributed by atoms with E-state index in [2.05, 4.69) is 10.6 Å². The molecule has 0 bridgehead atoms. The van der Waals surface area contributed by atoms with E-state index < -0.39 is 23.5 Å². The van der Waals surface area contributed by atoms with Crippen LogP contribution in [0.25, 0.3) is 0 Å². The number of carboxylic acid groups (broad SMARTS) is 1. The second kappa shape index (κ2) is 6.74. The lowest BCUT2D eigenvalue weighted by Gasteiger charge is -2.30. The zero-order valence-corrected chi connectivity index (χ0v) is 14.1. The molecule has 0 aromatic heterocycles. The van der Waals surface area contributed by atoms with Gasteiger partial charge in [0.2, 0.25) is 0 Å². The van der Waals surface area contributed by atoms with Crippen molar-refractivity contribution in [1.82, 2.24) is 5.32 Å². The lowest BCUT2D eigenvalue weighted by Crippen LogP contribution is -2.54. The number of carbonyl (C=O) groups excluding carboxylic acids is 2. The molecule has 1 heterocycles. The van der Waals surface area contributed by atoms with Gasteiger partial charge in [0.05, 0.1) is 11.3 Å². The maximum atomic E-state index is 12.8. The molecule has 3 N–H and O–H groups in total. The van der Waals surface area contributed by atoms with E-state index in [4.69, 9.17) is 4.74 Å². The van der Waals surface area contributed by atoms with Crippen molar-refractivity contribution in [2.45, 2.75) is 57.1 Å². The van der Waals surface area contributed by atoms with E-state index >= 15 is 0 Å². The Morgan fingerprint density at radius 2 is 1.92 bits per heavy atom. The first-order chi connectivity index (χ1) is 11.9.